The van der Waals surface area contributed by atoms with Gasteiger partial charge in [0.1, 0.15) is 12.7 Å². The zero-order chi connectivity index (χ0) is 49.4. The summed E-state index contributed by atoms with van der Waals surface area (Å²) >= 11 is 0. The predicted octanol–water partition coefficient (Wildman–Crippen LogP) is 8.18. The van der Waals surface area contributed by atoms with Crippen molar-refractivity contribution in [3.8, 4) is 0 Å². The van der Waals surface area contributed by atoms with Crippen LogP contribution in [0, 0.1) is 28.1 Å². The topological polar surface area (TPSA) is 159 Å². The molecule has 12 nitrogen and oxygen atoms in total. The maximum atomic E-state index is 12.2. The Morgan fingerprint density at radius 3 is 1.37 bits per heavy atom. The predicted molar refractivity (Wildman–Crippen MR) is 261 cm³/mol. The molecule has 1 heterocycles. The normalized spacial score (nSPS) is 15.3. The molecule has 3 unspecified atom stereocenters. The molecule has 0 saturated carbocycles. The number of ether oxygens (including phenoxy) is 4. The van der Waals surface area contributed by atoms with Gasteiger partial charge in [-0.05, 0) is 131 Å². The van der Waals surface area contributed by atoms with Gasteiger partial charge in [0.15, 0.2) is 25.0 Å². The summed E-state index contributed by atoms with van der Waals surface area (Å²) in [7, 11) is -8.42. The van der Waals surface area contributed by atoms with Crippen molar-refractivity contribution in [2.24, 2.45) is 28.1 Å². The number of esters is 3. The largest absolute Gasteiger partial charge is 1.00 e. The number of carbonyl (C=O) groups is 4. The van der Waals surface area contributed by atoms with Gasteiger partial charge in [0, 0.05) is 17.4 Å². The fourth-order valence-corrected chi connectivity index (χ4v) is 19.3. The van der Waals surface area contributed by atoms with E-state index >= 15 is 0 Å². The molecule has 3 atom stereocenters. The molecule has 1 aliphatic rings. The molecule has 1 rings (SSSR count). The average Bonchev–Trinajstić information content (AvgIpc) is 3.98. The number of carboxylic acids is 1. The second-order valence-corrected chi connectivity index (χ2v) is 38.5. The first-order chi connectivity index (χ1) is 28.0. The van der Waals surface area contributed by atoms with Crippen LogP contribution >= 0.6 is 0 Å². The van der Waals surface area contributed by atoms with E-state index in [9.17, 15) is 24.3 Å². The van der Waals surface area contributed by atoms with Crippen LogP contribution in [0.3, 0.4) is 0 Å². The number of hydrogen-bond acceptors (Lipinski definition) is 12. The molecule has 17 heteroatoms. The second kappa shape index (κ2) is 32.4. The van der Waals surface area contributed by atoms with E-state index in [0.717, 1.165) is 32.3 Å². The maximum absolute atomic E-state index is 12.2. The molecule has 0 aromatic heterocycles. The third kappa shape index (κ3) is 36.3. The molecule has 1 saturated heterocycles. The number of unbranched alkanes of at least 4 members (excludes halogenated alkanes) is 1. The zero-order valence-electron chi connectivity index (χ0n) is 45.0. The van der Waals surface area contributed by atoms with Crippen LogP contribution in [0.1, 0.15) is 148 Å². The van der Waals surface area contributed by atoms with E-state index in [0.29, 0.717) is 44.6 Å². The fourth-order valence-electron chi connectivity index (χ4n) is 4.63. The molecule has 0 aliphatic carbocycles. The quantitative estimate of drug-likeness (QED) is 0.0270. The van der Waals surface area contributed by atoms with E-state index in [4.69, 9.17) is 31.3 Å². The SMILES string of the molecule is CCC(C)(C)C(=O)OCC1CO1.CCC(C)(C)C(=O)OCCC[Si](O[Si](C)(C)C)(O[Si](C)(C)C)O[Si](C)(C)C.CCC(C)(C)C(=O)[O-].CCCCC(CC)COC(=O)C(C)CC.[Na+]. The first-order valence-electron chi connectivity index (χ1n) is 23.5. The third-order valence-electron chi connectivity index (χ3n) is 10.4. The van der Waals surface area contributed by atoms with Crippen molar-refractivity contribution < 1.29 is 85.1 Å². The van der Waals surface area contributed by atoms with Crippen LogP contribution in [0.4, 0.5) is 0 Å². The Morgan fingerprint density at radius 2 is 1.06 bits per heavy atom. The summed E-state index contributed by atoms with van der Waals surface area (Å²) in [5.41, 5.74) is -1.44. The molecule has 63 heavy (non-hydrogen) atoms. The molecule has 0 radical (unpaired) electrons. The van der Waals surface area contributed by atoms with Gasteiger partial charge in [-0.25, -0.2) is 0 Å². The van der Waals surface area contributed by atoms with Crippen LogP contribution in [0.5, 0.6) is 0 Å². The molecular formula is C46H97NaO12Si4. The van der Waals surface area contributed by atoms with Crippen molar-refractivity contribution in [1.82, 2.24) is 0 Å². The summed E-state index contributed by atoms with van der Waals surface area (Å²) in [5, 5.41) is 10.1. The Labute approximate surface area is 413 Å². The average molecular weight is 978 g/mol. The number of carboxylic acid groups (broad SMARTS) is 1. The standard InChI is InChI=1S/C18H44O5Si4.C13H26O2.C9H16O3.C6H12O2.Na/c1-13-18(2,3)17(19)20-15-14-16-27(21-24(4,5)6,22-25(7,8)9)23-26(10,11)12;1-5-8-9-12(7-3)10-15-13(14)11(4)6-2;1-4-9(2,3)8(10)12-6-7-5-11-7;1-4-6(2,3)5(7)8;/h13-16H2,1-12H3;11-12H,5-10H2,1-4H3;7H,4-6H2,1-3H3;4H2,1-3H3,(H,7,8);/q;;;;+1/p-1. The maximum Gasteiger partial charge on any atom is 1.00 e. The zero-order valence-corrected chi connectivity index (χ0v) is 51.0. The Bertz CT molecular complexity index is 1230. The number of rotatable bonds is 26. The Balaban J connectivity index is -0.000000406. The van der Waals surface area contributed by atoms with Gasteiger partial charge in [0.2, 0.25) is 0 Å². The molecule has 1 fully saturated rings. The van der Waals surface area contributed by atoms with Gasteiger partial charge in [-0.1, -0.05) is 81.6 Å². The molecule has 0 aromatic carbocycles. The van der Waals surface area contributed by atoms with E-state index in [2.05, 4.69) is 72.8 Å². The summed E-state index contributed by atoms with van der Waals surface area (Å²) in [4.78, 5) is 45.2. The molecule has 0 aromatic rings. The van der Waals surface area contributed by atoms with Gasteiger partial charge in [-0.2, -0.15) is 0 Å². The van der Waals surface area contributed by atoms with Crippen molar-refractivity contribution in [3.05, 3.63) is 0 Å². The molecule has 0 N–H and O–H groups in total. The molecule has 0 spiro atoms. The van der Waals surface area contributed by atoms with Crippen molar-refractivity contribution >= 4 is 57.6 Å². The van der Waals surface area contributed by atoms with E-state index in [1.165, 1.54) is 19.3 Å². The van der Waals surface area contributed by atoms with Crippen molar-refractivity contribution in [3.63, 3.8) is 0 Å². The van der Waals surface area contributed by atoms with Gasteiger partial charge in [-0.3, -0.25) is 14.4 Å². The second-order valence-electron chi connectivity index (χ2n) is 21.5. The first-order valence-corrected chi connectivity index (χ1v) is 35.6. The molecule has 370 valence electrons. The number of hydrogen-bond donors (Lipinski definition) is 0. The summed E-state index contributed by atoms with van der Waals surface area (Å²) in [5.74, 6) is -0.666. The van der Waals surface area contributed by atoms with Crippen LogP contribution in [-0.4, -0.2) is 90.2 Å². The van der Waals surface area contributed by atoms with Crippen LogP contribution in [-0.2, 0) is 50.5 Å². The molecule has 1 aliphatic heterocycles. The van der Waals surface area contributed by atoms with Gasteiger partial charge < -0.3 is 41.2 Å². The van der Waals surface area contributed by atoms with Crippen molar-refractivity contribution in [2.45, 2.75) is 219 Å². The fraction of sp³-hybridized carbons (Fsp3) is 0.913. The van der Waals surface area contributed by atoms with Crippen LogP contribution < -0.4 is 34.7 Å². The molecule has 0 bridgehead atoms. The Morgan fingerprint density at radius 1 is 0.651 bits per heavy atom. The van der Waals surface area contributed by atoms with Gasteiger partial charge in [0.05, 0.1) is 36.6 Å². The number of aliphatic carboxylic acids is 1. The summed E-state index contributed by atoms with van der Waals surface area (Å²) in [6.45, 7) is 46.8. The van der Waals surface area contributed by atoms with E-state index < -0.39 is 50.6 Å². The van der Waals surface area contributed by atoms with Gasteiger partial charge >= 0.3 is 56.3 Å². The third-order valence-corrected chi connectivity index (χ3v) is 22.4. The Kier molecular flexibility index (Phi) is 35.5. The summed E-state index contributed by atoms with van der Waals surface area (Å²) in [6.07, 6.45) is 8.67. The molecule has 0 amide bonds. The van der Waals surface area contributed by atoms with Crippen LogP contribution in [0.15, 0.2) is 0 Å². The number of epoxide rings is 1. The monoisotopic (exact) mass is 977 g/mol. The first kappa shape index (κ1) is 69.2. The summed E-state index contributed by atoms with van der Waals surface area (Å²) in [6, 6.07) is 0.700. The van der Waals surface area contributed by atoms with Crippen molar-refractivity contribution in [1.29, 1.82) is 0 Å². The molecular weight excluding hydrogens is 880 g/mol. The Hall–Kier alpha value is -0.412. The smallest absolute Gasteiger partial charge is 0.550 e. The van der Waals surface area contributed by atoms with E-state index in [-0.39, 0.29) is 64.9 Å². The van der Waals surface area contributed by atoms with Gasteiger partial charge in [0.25, 0.3) is 0 Å². The minimum Gasteiger partial charge on any atom is -0.550 e. The minimum atomic E-state index is -2.83. The number of carbonyl (C=O) groups excluding carboxylic acids is 4. The van der Waals surface area contributed by atoms with Crippen molar-refractivity contribution in [2.75, 3.05) is 26.4 Å². The van der Waals surface area contributed by atoms with E-state index in [1.54, 1.807) is 13.8 Å². The van der Waals surface area contributed by atoms with Crippen LogP contribution in [0.2, 0.25) is 65.0 Å². The van der Waals surface area contributed by atoms with Crippen LogP contribution in [0.25, 0.3) is 0 Å². The van der Waals surface area contributed by atoms with E-state index in [1.807, 2.05) is 62.3 Å². The minimum absolute atomic E-state index is 0. The van der Waals surface area contributed by atoms with Gasteiger partial charge in [-0.15, -0.1) is 0 Å². The summed E-state index contributed by atoms with van der Waals surface area (Å²) < 4.78 is 40.7.